The summed E-state index contributed by atoms with van der Waals surface area (Å²) in [5, 5.41) is 0. The lowest BCUT2D eigenvalue weighted by atomic mass is 9.98. The molecule has 1 aromatic rings. The molecule has 2 rings (SSSR count). The monoisotopic (exact) mass is 678 g/mol. The summed E-state index contributed by atoms with van der Waals surface area (Å²) in [6.45, 7) is 7.79. The maximum Gasteiger partial charge on any atom is 0.331 e. The summed E-state index contributed by atoms with van der Waals surface area (Å²) in [5.74, 6) is -4.91. The highest BCUT2D eigenvalue weighted by Gasteiger charge is 2.52. The summed E-state index contributed by atoms with van der Waals surface area (Å²) in [7, 11) is 0. The number of rotatable bonds is 14. The van der Waals surface area contributed by atoms with Crippen molar-refractivity contribution in [3.63, 3.8) is 0 Å². The third-order valence-electron chi connectivity index (χ3n) is 5.97. The molecule has 0 unspecified atom stereocenters. The Morgan fingerprint density at radius 1 is 0.688 bits per heavy atom. The first-order chi connectivity index (χ1) is 22.5. The molecular formula is C32H38O16. The average Bonchev–Trinajstić information content (AvgIpc) is 2.96. The number of esters is 7. The highest BCUT2D eigenvalue weighted by molar-refractivity contribution is 5.87. The Hall–Kier alpha value is -5.09. The standard InChI is InChI=1S/C32H38O16/c1-17(12-13-40-28(39)11-9-24-8-10-25(43-19(3)34)26(14-24)44-20(4)35)15-42-32-31(47-23(7)38)30(46-22(6)37)29(45-21(5)36)27(48-32)16-41-18(2)33/h8-12,14,27,29-32H,13,15-16H2,1-7H3/b11-9+,17-12+/t27-,29-,30+,31-,32-/m1/s1. The molecule has 0 spiro atoms. The van der Waals surface area contributed by atoms with Crippen LogP contribution in [0.25, 0.3) is 6.08 Å². The summed E-state index contributed by atoms with van der Waals surface area (Å²) in [6.07, 6.45) is -2.56. The zero-order valence-electron chi connectivity index (χ0n) is 27.5. The van der Waals surface area contributed by atoms with Gasteiger partial charge in [-0.15, -0.1) is 0 Å². The Balaban J connectivity index is 2.11. The van der Waals surface area contributed by atoms with Gasteiger partial charge in [0.2, 0.25) is 0 Å². The van der Waals surface area contributed by atoms with Gasteiger partial charge in [-0.1, -0.05) is 6.07 Å². The fraction of sp³-hybridized carbons (Fsp3) is 0.469. The van der Waals surface area contributed by atoms with Crippen molar-refractivity contribution in [2.45, 2.75) is 79.2 Å². The van der Waals surface area contributed by atoms with Crippen LogP contribution in [0.5, 0.6) is 11.5 Å². The van der Waals surface area contributed by atoms with Gasteiger partial charge in [0.05, 0.1) is 6.61 Å². The minimum absolute atomic E-state index is 0.0107. The molecule has 0 N–H and O–H groups in total. The first kappa shape index (κ1) is 39.1. The molecule has 0 bridgehead atoms. The van der Waals surface area contributed by atoms with E-state index >= 15 is 0 Å². The Morgan fingerprint density at radius 2 is 1.27 bits per heavy atom. The van der Waals surface area contributed by atoms with Gasteiger partial charge in [-0.25, -0.2) is 4.79 Å². The molecule has 1 aliphatic heterocycles. The van der Waals surface area contributed by atoms with Crippen molar-refractivity contribution in [1.29, 1.82) is 0 Å². The Kier molecular flexibility index (Phi) is 15.4. The van der Waals surface area contributed by atoms with Gasteiger partial charge < -0.3 is 42.6 Å². The van der Waals surface area contributed by atoms with Gasteiger partial charge in [-0.05, 0) is 42.3 Å². The third-order valence-corrected chi connectivity index (χ3v) is 5.97. The molecule has 16 heteroatoms. The zero-order chi connectivity index (χ0) is 36.0. The molecule has 16 nitrogen and oxygen atoms in total. The zero-order valence-corrected chi connectivity index (χ0v) is 27.5. The van der Waals surface area contributed by atoms with Crippen LogP contribution in [0, 0.1) is 0 Å². The maximum atomic E-state index is 12.3. The van der Waals surface area contributed by atoms with Crippen LogP contribution in [-0.2, 0) is 66.7 Å². The minimum atomic E-state index is -1.38. The molecule has 1 fully saturated rings. The van der Waals surface area contributed by atoms with E-state index in [1.165, 1.54) is 44.2 Å². The first-order valence-corrected chi connectivity index (χ1v) is 14.5. The van der Waals surface area contributed by atoms with E-state index in [1.54, 1.807) is 6.92 Å². The van der Waals surface area contributed by atoms with Crippen molar-refractivity contribution >= 4 is 47.9 Å². The van der Waals surface area contributed by atoms with Crippen molar-refractivity contribution in [2.75, 3.05) is 19.8 Å². The summed E-state index contributed by atoms with van der Waals surface area (Å²) in [4.78, 5) is 82.3. The minimum Gasteiger partial charge on any atom is -0.463 e. The molecule has 1 aliphatic rings. The largest absolute Gasteiger partial charge is 0.463 e. The van der Waals surface area contributed by atoms with Crippen molar-refractivity contribution in [2.24, 2.45) is 0 Å². The van der Waals surface area contributed by atoms with E-state index in [1.807, 2.05) is 0 Å². The lowest BCUT2D eigenvalue weighted by Crippen LogP contribution is -2.63. The van der Waals surface area contributed by atoms with Crippen LogP contribution >= 0.6 is 0 Å². The molecule has 5 atom stereocenters. The Bertz CT molecular complexity index is 1430. The fourth-order valence-corrected chi connectivity index (χ4v) is 4.18. The second-order valence-electron chi connectivity index (χ2n) is 10.3. The van der Waals surface area contributed by atoms with Gasteiger partial charge >= 0.3 is 41.8 Å². The van der Waals surface area contributed by atoms with E-state index in [2.05, 4.69) is 0 Å². The molecule has 1 heterocycles. The predicted octanol–water partition coefficient (Wildman–Crippen LogP) is 2.14. The molecule has 0 radical (unpaired) electrons. The van der Waals surface area contributed by atoms with E-state index in [0.717, 1.165) is 33.8 Å². The van der Waals surface area contributed by atoms with Crippen molar-refractivity contribution < 1.29 is 76.2 Å². The highest BCUT2D eigenvalue weighted by Crippen LogP contribution is 2.31. The summed E-state index contributed by atoms with van der Waals surface area (Å²) in [6, 6.07) is 4.34. The van der Waals surface area contributed by atoms with Crippen LogP contribution in [-0.4, -0.2) is 92.3 Å². The van der Waals surface area contributed by atoms with E-state index in [4.69, 9.17) is 42.6 Å². The predicted molar refractivity (Wildman–Crippen MR) is 161 cm³/mol. The number of carbonyl (C=O) groups is 7. The normalized spacial score (nSPS) is 20.6. The smallest absolute Gasteiger partial charge is 0.331 e. The van der Waals surface area contributed by atoms with Crippen LogP contribution in [0.1, 0.15) is 54.0 Å². The number of hydrogen-bond acceptors (Lipinski definition) is 16. The first-order valence-electron chi connectivity index (χ1n) is 14.5. The third kappa shape index (κ3) is 13.7. The van der Waals surface area contributed by atoms with Crippen molar-refractivity contribution in [1.82, 2.24) is 0 Å². The van der Waals surface area contributed by atoms with Crippen LogP contribution in [0.2, 0.25) is 0 Å². The molecule has 262 valence electrons. The van der Waals surface area contributed by atoms with Gasteiger partial charge in [0.15, 0.2) is 36.1 Å². The molecule has 0 aromatic heterocycles. The van der Waals surface area contributed by atoms with E-state index in [0.29, 0.717) is 11.1 Å². The lowest BCUT2D eigenvalue weighted by Gasteiger charge is -2.44. The Morgan fingerprint density at radius 3 is 1.85 bits per heavy atom. The van der Waals surface area contributed by atoms with Gasteiger partial charge in [0, 0.05) is 47.6 Å². The number of ether oxygens (including phenoxy) is 9. The SMILES string of the molecule is CC(=O)OC[C@H]1O[C@@H](OC/C(C)=C/COC(=O)/C=C/c2ccc(OC(C)=O)c(OC(C)=O)c2)[C@H](OC(C)=O)[C@@H](OC(C)=O)[C@@H]1OC(C)=O. The van der Waals surface area contributed by atoms with E-state index in [9.17, 15) is 33.6 Å². The molecule has 1 saturated heterocycles. The molecule has 0 amide bonds. The second kappa shape index (κ2) is 18.9. The van der Waals surface area contributed by atoms with Crippen LogP contribution < -0.4 is 9.47 Å². The molecular weight excluding hydrogens is 640 g/mol. The van der Waals surface area contributed by atoms with E-state index < -0.39 is 79.1 Å². The highest BCUT2D eigenvalue weighted by atomic mass is 16.7. The van der Waals surface area contributed by atoms with Crippen LogP contribution in [0.15, 0.2) is 35.9 Å². The number of benzene rings is 1. The summed E-state index contributed by atoms with van der Waals surface area (Å²) in [5.41, 5.74) is 0.996. The number of hydrogen-bond donors (Lipinski definition) is 0. The molecule has 0 saturated carbocycles. The van der Waals surface area contributed by atoms with Gasteiger partial charge in [0.1, 0.15) is 19.3 Å². The quantitative estimate of drug-likeness (QED) is 0.0909. The second-order valence-corrected chi connectivity index (χ2v) is 10.3. The average molecular weight is 679 g/mol. The van der Waals surface area contributed by atoms with Crippen molar-refractivity contribution in [3.05, 3.63) is 41.5 Å². The summed E-state index contributed by atoms with van der Waals surface area (Å²) >= 11 is 0. The topological polar surface area (TPSA) is 203 Å². The fourth-order valence-electron chi connectivity index (χ4n) is 4.18. The summed E-state index contributed by atoms with van der Waals surface area (Å²) < 4.78 is 48.1. The lowest BCUT2D eigenvalue weighted by molar-refractivity contribution is -0.306. The molecule has 48 heavy (non-hydrogen) atoms. The van der Waals surface area contributed by atoms with Gasteiger partial charge in [-0.2, -0.15) is 0 Å². The van der Waals surface area contributed by atoms with Crippen molar-refractivity contribution in [3.8, 4) is 11.5 Å². The Labute approximate surface area is 276 Å². The maximum absolute atomic E-state index is 12.3. The van der Waals surface area contributed by atoms with Crippen LogP contribution in [0.3, 0.4) is 0 Å². The van der Waals surface area contributed by atoms with Gasteiger partial charge in [0.25, 0.3) is 0 Å². The van der Waals surface area contributed by atoms with Gasteiger partial charge in [-0.3, -0.25) is 28.8 Å². The van der Waals surface area contributed by atoms with E-state index in [-0.39, 0.29) is 24.7 Å². The number of carbonyl (C=O) groups excluding carboxylic acids is 7. The molecule has 1 aromatic carbocycles. The molecule has 0 aliphatic carbocycles. The van der Waals surface area contributed by atoms with Crippen LogP contribution in [0.4, 0.5) is 0 Å².